The molecule has 0 aliphatic carbocycles. The zero-order chi connectivity index (χ0) is 18.3. The smallest absolute Gasteiger partial charge is 0.238 e. The Morgan fingerprint density at radius 1 is 1.35 bits per heavy atom. The molecule has 6 heteroatoms. The fourth-order valence-corrected chi connectivity index (χ4v) is 4.08. The molecule has 2 atom stereocenters. The third-order valence-electron chi connectivity index (χ3n) is 5.47. The number of nitrogens with one attached hydrogen (secondary N) is 1. The van der Waals surface area contributed by atoms with Crippen LogP contribution in [0.1, 0.15) is 30.5 Å². The molecule has 136 valence electrons. The number of aryl methyl sites for hydroxylation is 2. The van der Waals surface area contributed by atoms with Crippen molar-refractivity contribution in [3.8, 4) is 0 Å². The number of rotatable bonds is 4. The molecule has 2 unspecified atom stereocenters. The van der Waals surface area contributed by atoms with E-state index in [0.29, 0.717) is 23.8 Å². The van der Waals surface area contributed by atoms with Crippen molar-refractivity contribution in [1.82, 2.24) is 14.7 Å². The topological polar surface area (TPSA) is 50.2 Å². The van der Waals surface area contributed by atoms with Crippen LogP contribution in [-0.2, 0) is 11.8 Å². The summed E-state index contributed by atoms with van der Waals surface area (Å²) in [5, 5.41) is 7.08. The fraction of sp³-hybridized carbons (Fsp3) is 0.400. The van der Waals surface area contributed by atoms with Crippen LogP contribution in [0.4, 0.5) is 10.1 Å². The summed E-state index contributed by atoms with van der Waals surface area (Å²) >= 11 is 0. The van der Waals surface area contributed by atoms with Gasteiger partial charge in [-0.2, -0.15) is 5.10 Å². The quantitative estimate of drug-likeness (QED) is 0.918. The Hall–Kier alpha value is -2.47. The maximum atomic E-state index is 13.7. The van der Waals surface area contributed by atoms with Crippen molar-refractivity contribution < 1.29 is 9.18 Å². The summed E-state index contributed by atoms with van der Waals surface area (Å²) in [4.78, 5) is 14.7. The van der Waals surface area contributed by atoms with Gasteiger partial charge in [0.15, 0.2) is 0 Å². The molecule has 2 aliphatic rings. The maximum Gasteiger partial charge on any atom is 0.238 e. The highest BCUT2D eigenvalue weighted by atomic mass is 19.1. The summed E-state index contributed by atoms with van der Waals surface area (Å²) in [6.45, 7) is 2.04. The highest BCUT2D eigenvalue weighted by Gasteiger charge is 2.38. The lowest BCUT2D eigenvalue weighted by Gasteiger charge is -2.33. The second-order valence-corrected chi connectivity index (χ2v) is 7.22. The number of halogens is 1. The minimum atomic E-state index is -0.301. The molecule has 1 aromatic heterocycles. The molecule has 1 amide bonds. The molecule has 5 nitrogen and oxygen atoms in total. The summed E-state index contributed by atoms with van der Waals surface area (Å²) < 4.78 is 15.6. The van der Waals surface area contributed by atoms with E-state index in [4.69, 9.17) is 0 Å². The first-order valence-electron chi connectivity index (χ1n) is 9.02. The Bertz CT molecular complexity index is 872. The van der Waals surface area contributed by atoms with Gasteiger partial charge in [0.05, 0.1) is 12.2 Å². The summed E-state index contributed by atoms with van der Waals surface area (Å²) in [5.41, 5.74) is 3.55. The molecule has 2 aromatic rings. The van der Waals surface area contributed by atoms with Crippen LogP contribution in [0.5, 0.6) is 0 Å². The van der Waals surface area contributed by atoms with Gasteiger partial charge in [-0.05, 0) is 55.5 Å². The van der Waals surface area contributed by atoms with Crippen LogP contribution in [0.25, 0.3) is 5.57 Å². The predicted molar refractivity (Wildman–Crippen MR) is 99.1 cm³/mol. The van der Waals surface area contributed by atoms with Crippen LogP contribution < -0.4 is 5.32 Å². The first-order valence-corrected chi connectivity index (χ1v) is 9.02. The second-order valence-electron chi connectivity index (χ2n) is 7.22. The normalized spacial score (nSPS) is 22.3. The summed E-state index contributed by atoms with van der Waals surface area (Å²) in [6, 6.07) is 7.48. The predicted octanol–water partition coefficient (Wildman–Crippen LogP) is 3.13. The Labute approximate surface area is 152 Å². The van der Waals surface area contributed by atoms with Gasteiger partial charge in [0.2, 0.25) is 5.91 Å². The molecular weight excluding hydrogens is 331 g/mol. The average Bonchev–Trinajstić information content (AvgIpc) is 3.11. The molecule has 0 saturated carbocycles. The lowest BCUT2D eigenvalue weighted by Crippen LogP contribution is -2.43. The minimum Gasteiger partial charge on any atom is -0.325 e. The van der Waals surface area contributed by atoms with E-state index in [1.165, 1.54) is 11.6 Å². The molecule has 1 saturated heterocycles. The Morgan fingerprint density at radius 3 is 2.88 bits per heavy atom. The van der Waals surface area contributed by atoms with E-state index in [9.17, 15) is 9.18 Å². The Morgan fingerprint density at radius 2 is 2.19 bits per heavy atom. The molecule has 1 N–H and O–H groups in total. The first-order chi connectivity index (χ1) is 12.5. The van der Waals surface area contributed by atoms with E-state index in [0.717, 1.165) is 25.0 Å². The first kappa shape index (κ1) is 17.0. The third kappa shape index (κ3) is 3.17. The summed E-state index contributed by atoms with van der Waals surface area (Å²) in [7, 11) is 1.96. The highest BCUT2D eigenvalue weighted by Crippen LogP contribution is 2.38. The number of carbonyl (C=O) groups excluding carboxylic acids is 1. The molecule has 2 bridgehead atoms. The van der Waals surface area contributed by atoms with E-state index in [-0.39, 0.29) is 17.8 Å². The maximum absolute atomic E-state index is 13.7. The molecule has 0 spiro atoms. The number of hydrogen-bond donors (Lipinski definition) is 1. The lowest BCUT2D eigenvalue weighted by molar-refractivity contribution is -0.117. The van der Waals surface area contributed by atoms with Crippen LogP contribution >= 0.6 is 0 Å². The van der Waals surface area contributed by atoms with Crippen LogP contribution in [0.15, 0.2) is 36.5 Å². The molecular formula is C20H23FN4O. The lowest BCUT2D eigenvalue weighted by atomic mass is 9.98. The summed E-state index contributed by atoms with van der Waals surface area (Å²) in [5.74, 6) is -0.396. The third-order valence-corrected chi connectivity index (χ3v) is 5.47. The number of hydrogen-bond acceptors (Lipinski definition) is 3. The highest BCUT2D eigenvalue weighted by molar-refractivity contribution is 5.92. The van der Waals surface area contributed by atoms with Gasteiger partial charge < -0.3 is 5.32 Å². The van der Waals surface area contributed by atoms with Gasteiger partial charge in [0, 0.05) is 31.0 Å². The molecule has 1 aromatic carbocycles. The van der Waals surface area contributed by atoms with E-state index in [1.54, 1.807) is 19.1 Å². The largest absolute Gasteiger partial charge is 0.325 e. The van der Waals surface area contributed by atoms with Crippen molar-refractivity contribution in [3.63, 3.8) is 0 Å². The Kier molecular flexibility index (Phi) is 4.36. The van der Waals surface area contributed by atoms with Gasteiger partial charge >= 0.3 is 0 Å². The molecule has 2 aliphatic heterocycles. The fourth-order valence-electron chi connectivity index (χ4n) is 4.08. The number of aromatic nitrogens is 2. The van der Waals surface area contributed by atoms with Gasteiger partial charge in [0.25, 0.3) is 0 Å². The number of amides is 1. The van der Waals surface area contributed by atoms with E-state index < -0.39 is 0 Å². The van der Waals surface area contributed by atoms with Gasteiger partial charge in [-0.25, -0.2) is 4.39 Å². The SMILES string of the molecule is Cc1ccc(NC(=O)CN2C3C=C(c4ccnn4C)CC2CC3)cc1F. The van der Waals surface area contributed by atoms with Crippen LogP contribution in [-0.4, -0.2) is 39.2 Å². The number of nitrogens with zero attached hydrogens (tertiary/aromatic N) is 3. The van der Waals surface area contributed by atoms with E-state index >= 15 is 0 Å². The molecule has 1 fully saturated rings. The monoisotopic (exact) mass is 354 g/mol. The zero-order valence-corrected chi connectivity index (χ0v) is 15.1. The molecule has 0 radical (unpaired) electrons. The molecule has 26 heavy (non-hydrogen) atoms. The van der Waals surface area contributed by atoms with Crippen LogP contribution in [0.3, 0.4) is 0 Å². The standard InChI is InChI=1S/C20H23FN4O/c1-13-3-4-15(11-18(13)21)23-20(26)12-25-16-5-6-17(25)10-14(9-16)19-7-8-22-24(19)2/h3-4,7-9,11,16-17H,5-6,10,12H2,1-2H3,(H,23,26). The van der Waals surface area contributed by atoms with E-state index in [2.05, 4.69) is 21.4 Å². The van der Waals surface area contributed by atoms with Crippen molar-refractivity contribution in [1.29, 1.82) is 0 Å². The number of benzene rings is 1. The van der Waals surface area contributed by atoms with Crippen LogP contribution in [0, 0.1) is 12.7 Å². The molecule has 3 heterocycles. The zero-order valence-electron chi connectivity index (χ0n) is 15.1. The summed E-state index contributed by atoms with van der Waals surface area (Å²) in [6.07, 6.45) is 7.19. The second kappa shape index (κ2) is 6.68. The average molecular weight is 354 g/mol. The molecule has 4 rings (SSSR count). The van der Waals surface area contributed by atoms with Gasteiger partial charge in [-0.1, -0.05) is 12.1 Å². The van der Waals surface area contributed by atoms with Gasteiger partial charge in [0.1, 0.15) is 5.82 Å². The van der Waals surface area contributed by atoms with Crippen molar-refractivity contribution >= 4 is 17.2 Å². The van der Waals surface area contributed by atoms with Crippen LogP contribution in [0.2, 0.25) is 0 Å². The number of fused-ring (bicyclic) bond motifs is 2. The number of carbonyl (C=O) groups is 1. The van der Waals surface area contributed by atoms with Crippen molar-refractivity contribution in [3.05, 3.63) is 53.6 Å². The van der Waals surface area contributed by atoms with Gasteiger partial charge in [-0.3, -0.25) is 14.4 Å². The Balaban J connectivity index is 1.44. The minimum absolute atomic E-state index is 0.0949. The van der Waals surface area contributed by atoms with Crippen molar-refractivity contribution in [2.45, 2.75) is 38.3 Å². The van der Waals surface area contributed by atoms with Crippen molar-refractivity contribution in [2.75, 3.05) is 11.9 Å². The van der Waals surface area contributed by atoms with Crippen molar-refractivity contribution in [2.24, 2.45) is 7.05 Å². The van der Waals surface area contributed by atoms with Gasteiger partial charge in [-0.15, -0.1) is 0 Å². The van der Waals surface area contributed by atoms with E-state index in [1.807, 2.05) is 24.0 Å². The number of anilines is 1.